The van der Waals surface area contributed by atoms with Gasteiger partial charge in [-0.15, -0.1) is 0 Å². The zero-order valence-corrected chi connectivity index (χ0v) is 14.0. The molecule has 2 fully saturated rings. The van der Waals surface area contributed by atoms with Crippen molar-refractivity contribution in [1.82, 2.24) is 9.88 Å². The highest BCUT2D eigenvalue weighted by Gasteiger charge is 2.42. The van der Waals surface area contributed by atoms with Gasteiger partial charge in [-0.25, -0.2) is 0 Å². The lowest BCUT2D eigenvalue weighted by molar-refractivity contribution is 0.0936. The molecule has 130 valence electrons. The molecule has 1 aliphatic heterocycles. The number of fused-ring (bicyclic) bond motifs is 1. The molecular formula is C20H22N2O3. The third-order valence-corrected chi connectivity index (χ3v) is 5.29. The van der Waals surface area contributed by atoms with Crippen LogP contribution in [0.5, 0.6) is 11.5 Å². The Kier molecular flexibility index (Phi) is 4.40. The van der Waals surface area contributed by atoms with Gasteiger partial charge in [-0.1, -0.05) is 0 Å². The zero-order chi connectivity index (χ0) is 17.2. The van der Waals surface area contributed by atoms with E-state index in [1.165, 1.54) is 0 Å². The molecule has 2 aromatic rings. The van der Waals surface area contributed by atoms with Crippen LogP contribution in [-0.4, -0.2) is 46.5 Å². The third kappa shape index (κ3) is 3.66. The van der Waals surface area contributed by atoms with Crippen LogP contribution in [-0.2, 0) is 0 Å². The van der Waals surface area contributed by atoms with Gasteiger partial charge >= 0.3 is 0 Å². The molecule has 3 atom stereocenters. The molecule has 1 aromatic heterocycles. The van der Waals surface area contributed by atoms with E-state index in [1.807, 2.05) is 12.1 Å². The van der Waals surface area contributed by atoms with Crippen molar-refractivity contribution in [1.29, 1.82) is 0 Å². The number of ketones is 1. The number of hydrogen-bond donors (Lipinski definition) is 1. The fraction of sp³-hybridized carbons (Fsp3) is 0.400. The van der Waals surface area contributed by atoms with E-state index in [0.29, 0.717) is 23.9 Å². The Labute approximate surface area is 147 Å². The number of likely N-dealkylation sites (tertiary alicyclic amines) is 1. The lowest BCUT2D eigenvalue weighted by Gasteiger charge is -2.19. The zero-order valence-electron chi connectivity index (χ0n) is 14.0. The minimum atomic E-state index is 0.115. The summed E-state index contributed by atoms with van der Waals surface area (Å²) in [5.41, 5.74) is 0.661. The molecule has 25 heavy (non-hydrogen) atoms. The van der Waals surface area contributed by atoms with Gasteiger partial charge in [0.25, 0.3) is 0 Å². The van der Waals surface area contributed by atoms with Gasteiger partial charge in [0.2, 0.25) is 0 Å². The smallest absolute Gasteiger partial charge is 0.176 e. The van der Waals surface area contributed by atoms with Crippen molar-refractivity contribution in [3.63, 3.8) is 0 Å². The van der Waals surface area contributed by atoms with Gasteiger partial charge in [0, 0.05) is 31.0 Å². The number of benzene rings is 1. The Balaban J connectivity index is 1.29. The number of hydrogen-bond acceptors (Lipinski definition) is 5. The van der Waals surface area contributed by atoms with Crippen LogP contribution >= 0.6 is 0 Å². The molecule has 1 aliphatic carbocycles. The first-order chi connectivity index (χ1) is 12.2. The van der Waals surface area contributed by atoms with Crippen molar-refractivity contribution in [2.45, 2.75) is 18.9 Å². The van der Waals surface area contributed by atoms with Gasteiger partial charge in [0.1, 0.15) is 11.5 Å². The minimum Gasteiger partial charge on any atom is -0.508 e. The highest BCUT2D eigenvalue weighted by atomic mass is 16.5. The number of phenolic OH excluding ortho intramolecular Hbond substituents is 1. The number of Topliss-reactive ketones (excluding diaryl/α,β-unsaturated/α-hetero) is 1. The van der Waals surface area contributed by atoms with Crippen LogP contribution in [0.15, 0.2) is 48.8 Å². The molecule has 0 radical (unpaired) electrons. The van der Waals surface area contributed by atoms with Crippen molar-refractivity contribution < 1.29 is 14.6 Å². The van der Waals surface area contributed by atoms with Crippen LogP contribution < -0.4 is 4.74 Å². The van der Waals surface area contributed by atoms with Crippen LogP contribution in [0.25, 0.3) is 0 Å². The molecular weight excluding hydrogens is 316 g/mol. The van der Waals surface area contributed by atoms with Crippen molar-refractivity contribution >= 4 is 5.78 Å². The first-order valence-electron chi connectivity index (χ1n) is 8.78. The van der Waals surface area contributed by atoms with Crippen LogP contribution in [0, 0.1) is 11.8 Å². The maximum atomic E-state index is 12.4. The summed E-state index contributed by atoms with van der Waals surface area (Å²) in [7, 11) is 0. The van der Waals surface area contributed by atoms with Crippen molar-refractivity contribution in [3.05, 3.63) is 54.4 Å². The lowest BCUT2D eigenvalue weighted by Crippen LogP contribution is -2.30. The average Bonchev–Trinajstić information content (AvgIpc) is 3.14. The number of ether oxygens (including phenoxy) is 1. The molecule has 1 saturated heterocycles. The number of rotatable bonds is 5. The minimum absolute atomic E-state index is 0.115. The Bertz CT molecular complexity index is 718. The van der Waals surface area contributed by atoms with Gasteiger partial charge in [0.05, 0.1) is 12.6 Å². The Hall–Kier alpha value is -2.40. The largest absolute Gasteiger partial charge is 0.508 e. The summed E-state index contributed by atoms with van der Waals surface area (Å²) in [6, 6.07) is 10.3. The van der Waals surface area contributed by atoms with Gasteiger partial charge < -0.3 is 9.84 Å². The molecule has 0 bridgehead atoms. The number of nitrogens with zero attached hydrogens (tertiary/aromatic N) is 2. The summed E-state index contributed by atoms with van der Waals surface area (Å²) >= 11 is 0. The summed E-state index contributed by atoms with van der Waals surface area (Å²) < 4.78 is 6.06. The first-order valence-corrected chi connectivity index (χ1v) is 8.78. The number of phenols is 1. The number of pyridine rings is 1. The van der Waals surface area contributed by atoms with Crippen LogP contribution in [0.1, 0.15) is 23.2 Å². The maximum absolute atomic E-state index is 12.4. The lowest BCUT2D eigenvalue weighted by atomic mass is 10.0. The van der Waals surface area contributed by atoms with E-state index < -0.39 is 0 Å². The van der Waals surface area contributed by atoms with Gasteiger partial charge in [-0.2, -0.15) is 0 Å². The van der Waals surface area contributed by atoms with E-state index >= 15 is 0 Å². The normalized spacial score (nSPS) is 25.7. The van der Waals surface area contributed by atoms with E-state index in [4.69, 9.17) is 4.74 Å². The second-order valence-electron chi connectivity index (χ2n) is 7.08. The molecule has 0 amide bonds. The summed E-state index contributed by atoms with van der Waals surface area (Å²) in [4.78, 5) is 18.7. The Morgan fingerprint density at radius 1 is 1.08 bits per heavy atom. The van der Waals surface area contributed by atoms with Crippen LogP contribution in [0.2, 0.25) is 0 Å². The summed E-state index contributed by atoms with van der Waals surface area (Å²) in [6.07, 6.45) is 5.88. The fourth-order valence-corrected chi connectivity index (χ4v) is 4.12. The van der Waals surface area contributed by atoms with Crippen LogP contribution in [0.3, 0.4) is 0 Å². The SMILES string of the molecule is O=C(CN1C[C@H]2CC(Oc3ccncc3)C[C@H]2C1)c1ccc(O)cc1. The predicted octanol–water partition coefficient (Wildman–Crippen LogP) is 2.76. The fourth-order valence-electron chi connectivity index (χ4n) is 4.12. The second-order valence-corrected chi connectivity index (χ2v) is 7.08. The van der Waals surface area contributed by atoms with Crippen molar-refractivity contribution in [2.75, 3.05) is 19.6 Å². The molecule has 2 heterocycles. The summed E-state index contributed by atoms with van der Waals surface area (Å²) in [5.74, 6) is 2.41. The highest BCUT2D eigenvalue weighted by molar-refractivity contribution is 5.97. The van der Waals surface area contributed by atoms with E-state index in [2.05, 4.69) is 9.88 Å². The topological polar surface area (TPSA) is 62.7 Å². The van der Waals surface area contributed by atoms with E-state index in [1.54, 1.807) is 36.7 Å². The molecule has 1 aromatic carbocycles. The Morgan fingerprint density at radius 2 is 1.72 bits per heavy atom. The molecule has 5 heteroatoms. The van der Waals surface area contributed by atoms with E-state index in [-0.39, 0.29) is 17.6 Å². The monoisotopic (exact) mass is 338 g/mol. The maximum Gasteiger partial charge on any atom is 0.176 e. The predicted molar refractivity (Wildman–Crippen MR) is 93.7 cm³/mol. The van der Waals surface area contributed by atoms with Gasteiger partial charge in [0.15, 0.2) is 5.78 Å². The van der Waals surface area contributed by atoms with Crippen LogP contribution in [0.4, 0.5) is 0 Å². The van der Waals surface area contributed by atoms with Crippen molar-refractivity contribution in [3.8, 4) is 11.5 Å². The second kappa shape index (κ2) is 6.84. The van der Waals surface area contributed by atoms with Crippen molar-refractivity contribution in [2.24, 2.45) is 11.8 Å². The number of aromatic nitrogens is 1. The summed E-state index contributed by atoms with van der Waals surface area (Å²) in [5, 5.41) is 9.33. The third-order valence-electron chi connectivity index (χ3n) is 5.29. The molecule has 2 aliphatic rings. The number of carbonyl (C=O) groups is 1. The number of aromatic hydroxyl groups is 1. The highest BCUT2D eigenvalue weighted by Crippen LogP contribution is 2.39. The van der Waals surface area contributed by atoms with E-state index in [9.17, 15) is 9.90 Å². The van der Waals surface area contributed by atoms with Gasteiger partial charge in [-0.3, -0.25) is 14.7 Å². The number of carbonyl (C=O) groups excluding carboxylic acids is 1. The average molecular weight is 338 g/mol. The Morgan fingerprint density at radius 3 is 2.36 bits per heavy atom. The molecule has 1 unspecified atom stereocenters. The van der Waals surface area contributed by atoms with E-state index in [0.717, 1.165) is 31.7 Å². The molecule has 1 saturated carbocycles. The molecule has 5 nitrogen and oxygen atoms in total. The van der Waals surface area contributed by atoms with Gasteiger partial charge in [-0.05, 0) is 61.1 Å². The summed E-state index contributed by atoms with van der Waals surface area (Å²) in [6.45, 7) is 2.38. The standard InChI is InChI=1S/C20H22N2O3/c23-17-3-1-14(2-4-17)20(24)13-22-11-15-9-19(10-16(15)12-22)25-18-5-7-21-8-6-18/h1-8,15-16,19,23H,9-13H2/t15-,16+,19?. The first kappa shape index (κ1) is 16.1. The molecule has 1 N–H and O–H groups in total. The quantitative estimate of drug-likeness (QED) is 0.850. The molecule has 4 rings (SSSR count). The molecule has 0 spiro atoms.